The van der Waals surface area contributed by atoms with Crippen molar-refractivity contribution in [3.05, 3.63) is 151 Å². The Balaban J connectivity index is 1.88. The van der Waals surface area contributed by atoms with Gasteiger partial charge in [0.2, 0.25) is 0 Å². The van der Waals surface area contributed by atoms with Crippen LogP contribution in [0.1, 0.15) is 16.8 Å². The number of alkyl halides is 1. The van der Waals surface area contributed by atoms with Crippen molar-refractivity contribution in [2.75, 3.05) is 5.88 Å². The van der Waals surface area contributed by atoms with Gasteiger partial charge in [-0.2, -0.15) is 0 Å². The molecule has 0 bridgehead atoms. The molecule has 0 spiro atoms. The third-order valence-electron chi connectivity index (χ3n) is 6.86. The number of rotatable bonds is 7. The molecule has 0 radical (unpaired) electrons. The molecule has 0 aromatic heterocycles. The summed E-state index contributed by atoms with van der Waals surface area (Å²) >= 11 is 7.06. The Kier molecular flexibility index (Phi) is 7.14. The topological polar surface area (TPSA) is 0 Å². The van der Waals surface area contributed by atoms with Crippen LogP contribution in [-0.4, -0.2) is 5.88 Å². The molecule has 172 valence electrons. The summed E-state index contributed by atoms with van der Waals surface area (Å²) in [5, 5.41) is 4.05. The average molecular weight is 492 g/mol. The van der Waals surface area contributed by atoms with Crippen molar-refractivity contribution in [3.63, 3.8) is 0 Å². The summed E-state index contributed by atoms with van der Waals surface area (Å²) in [5.41, 5.74) is 5.22. The average Bonchev–Trinajstić information content (AvgIpc) is 2.93. The molecule has 2 heteroatoms. The van der Waals surface area contributed by atoms with E-state index in [-0.39, 0.29) is 5.66 Å². The van der Waals surface area contributed by atoms with Crippen molar-refractivity contribution < 1.29 is 0 Å². The van der Waals surface area contributed by atoms with Crippen LogP contribution in [-0.2, 0) is 0 Å². The number of halogens is 1. The van der Waals surface area contributed by atoms with Gasteiger partial charge in [-0.15, -0.1) is 11.6 Å². The van der Waals surface area contributed by atoms with Crippen LogP contribution in [0.5, 0.6) is 0 Å². The lowest BCUT2D eigenvalue weighted by atomic mass is 9.95. The highest BCUT2D eigenvalue weighted by atomic mass is 35.5. The van der Waals surface area contributed by atoms with Crippen molar-refractivity contribution in [1.82, 2.24) is 0 Å². The van der Waals surface area contributed by atoms with E-state index in [1.165, 1.54) is 38.2 Å². The van der Waals surface area contributed by atoms with E-state index in [2.05, 4.69) is 146 Å². The van der Waals surface area contributed by atoms with Gasteiger partial charge in [-0.25, -0.2) is 0 Å². The predicted molar refractivity (Wildman–Crippen MR) is 155 cm³/mol. The van der Waals surface area contributed by atoms with Crippen LogP contribution in [0.4, 0.5) is 0 Å². The van der Waals surface area contributed by atoms with Gasteiger partial charge in [0.15, 0.2) is 0 Å². The van der Waals surface area contributed by atoms with Crippen LogP contribution in [0.25, 0.3) is 11.1 Å². The fourth-order valence-corrected chi connectivity index (χ4v) is 10.8. The first-order valence-electron chi connectivity index (χ1n) is 12.0. The molecule has 0 saturated carbocycles. The third kappa shape index (κ3) is 4.34. The lowest BCUT2D eigenvalue weighted by Crippen LogP contribution is -2.36. The normalized spacial score (nSPS) is 12.3. The molecule has 0 amide bonds. The Bertz CT molecular complexity index is 1280. The maximum atomic E-state index is 7.06. The zero-order chi connectivity index (χ0) is 24.1. The molecule has 0 aliphatic rings. The summed E-state index contributed by atoms with van der Waals surface area (Å²) in [6.07, 6.45) is 0. The van der Waals surface area contributed by atoms with Crippen LogP contribution in [0.15, 0.2) is 140 Å². The predicted octanol–water partition coefficient (Wildman–Crippen LogP) is 7.94. The van der Waals surface area contributed by atoms with Crippen LogP contribution in [0.3, 0.4) is 0 Å². The van der Waals surface area contributed by atoms with Gasteiger partial charge in [0, 0.05) is 5.56 Å². The van der Waals surface area contributed by atoms with Gasteiger partial charge in [0.25, 0.3) is 0 Å². The molecule has 5 aromatic rings. The molecule has 0 aliphatic carbocycles. The molecule has 1 atom stereocenters. The summed E-state index contributed by atoms with van der Waals surface area (Å²) in [6, 6.07) is 50.5. The molecule has 0 fully saturated rings. The second-order valence-electron chi connectivity index (χ2n) is 8.80. The monoisotopic (exact) mass is 491 g/mol. The van der Waals surface area contributed by atoms with Crippen molar-refractivity contribution in [1.29, 1.82) is 0 Å². The minimum absolute atomic E-state index is 0.104. The van der Waals surface area contributed by atoms with Crippen molar-refractivity contribution in [2.45, 2.75) is 12.6 Å². The van der Waals surface area contributed by atoms with Crippen LogP contribution >= 0.6 is 18.9 Å². The summed E-state index contributed by atoms with van der Waals surface area (Å²) < 4.78 is 0. The van der Waals surface area contributed by atoms with Crippen LogP contribution in [0, 0.1) is 6.92 Å². The Morgan fingerprint density at radius 1 is 0.514 bits per heavy atom. The molecule has 0 aliphatic heterocycles. The summed E-state index contributed by atoms with van der Waals surface area (Å²) in [4.78, 5) is 0. The van der Waals surface area contributed by atoms with Crippen LogP contribution in [0.2, 0.25) is 0 Å². The highest BCUT2D eigenvalue weighted by molar-refractivity contribution is 7.96. The van der Waals surface area contributed by atoms with E-state index in [0.717, 1.165) is 0 Å². The van der Waals surface area contributed by atoms with Crippen molar-refractivity contribution in [2.24, 2.45) is 0 Å². The fourth-order valence-electron chi connectivity index (χ4n) is 5.28. The first-order chi connectivity index (χ1) is 17.3. The van der Waals surface area contributed by atoms with Gasteiger partial charge >= 0.3 is 0 Å². The third-order valence-corrected chi connectivity index (χ3v) is 12.1. The van der Waals surface area contributed by atoms with E-state index in [9.17, 15) is 0 Å². The quantitative estimate of drug-likeness (QED) is 0.160. The first kappa shape index (κ1) is 23.6. The Labute approximate surface area is 214 Å². The van der Waals surface area contributed by atoms with E-state index in [1.54, 1.807) is 0 Å². The number of aryl methyl sites for hydroxylation is 1. The van der Waals surface area contributed by atoms with Gasteiger partial charge in [-0.1, -0.05) is 103 Å². The zero-order valence-electron chi connectivity index (χ0n) is 19.9. The molecule has 5 aromatic carbocycles. The van der Waals surface area contributed by atoms with E-state index < -0.39 is 7.26 Å². The van der Waals surface area contributed by atoms with E-state index >= 15 is 0 Å². The van der Waals surface area contributed by atoms with Gasteiger partial charge < -0.3 is 0 Å². The smallest absolute Gasteiger partial charge is 0.122 e. The largest absolute Gasteiger partial charge is 0.123 e. The van der Waals surface area contributed by atoms with Crippen LogP contribution < -0.4 is 15.9 Å². The standard InChI is InChI=1S/C33H29ClP/c1-26-15-11-12-22-30(26)31-23-13-14-24-32(31)33(25-34)35(27-16-5-2-6-17-27,28-18-7-3-8-19-28)29-20-9-4-10-21-29/h2-24,33H,25H2,1H3/q+1/t33-/m1/s1. The maximum Gasteiger partial charge on any atom is 0.123 e. The first-order valence-corrected chi connectivity index (χ1v) is 14.4. The van der Waals surface area contributed by atoms with Crippen molar-refractivity contribution in [3.8, 4) is 11.1 Å². The number of benzene rings is 5. The van der Waals surface area contributed by atoms with Gasteiger partial charge in [0.1, 0.15) is 28.8 Å². The second kappa shape index (κ2) is 10.6. The second-order valence-corrected chi connectivity index (χ2v) is 12.7. The molecule has 0 unspecified atom stereocenters. The maximum absolute atomic E-state index is 7.06. The minimum atomic E-state index is -2.18. The summed E-state index contributed by atoms with van der Waals surface area (Å²) in [6.45, 7) is 2.19. The van der Waals surface area contributed by atoms with Crippen molar-refractivity contribution >= 4 is 34.8 Å². The van der Waals surface area contributed by atoms with Gasteiger partial charge in [-0.05, 0) is 60.0 Å². The number of hydrogen-bond acceptors (Lipinski definition) is 0. The number of hydrogen-bond donors (Lipinski definition) is 0. The van der Waals surface area contributed by atoms with E-state index in [4.69, 9.17) is 11.6 Å². The van der Waals surface area contributed by atoms with E-state index in [0.29, 0.717) is 5.88 Å². The molecule has 0 saturated heterocycles. The minimum Gasteiger partial charge on any atom is -0.122 e. The Hall–Kier alpha value is -3.18. The SMILES string of the molecule is Cc1ccccc1-c1ccccc1[C@@H](CCl)[P+](c1ccccc1)(c1ccccc1)c1ccccc1. The molecule has 35 heavy (non-hydrogen) atoms. The lowest BCUT2D eigenvalue weighted by Gasteiger charge is -2.35. The van der Waals surface area contributed by atoms with Gasteiger partial charge in [-0.3, -0.25) is 0 Å². The summed E-state index contributed by atoms with van der Waals surface area (Å²) in [5.74, 6) is 0.523. The molecule has 5 rings (SSSR count). The molecular weight excluding hydrogens is 463 g/mol. The molecule has 0 nitrogen and oxygen atoms in total. The molecule has 0 N–H and O–H groups in total. The molecular formula is C33H29ClP+. The Morgan fingerprint density at radius 3 is 1.37 bits per heavy atom. The molecule has 0 heterocycles. The van der Waals surface area contributed by atoms with Gasteiger partial charge in [0.05, 0.1) is 5.88 Å². The highest BCUT2D eigenvalue weighted by Crippen LogP contribution is 2.67. The lowest BCUT2D eigenvalue weighted by molar-refractivity contribution is 1.09. The fraction of sp³-hybridized carbons (Fsp3) is 0.0909. The van der Waals surface area contributed by atoms with E-state index in [1.807, 2.05) is 0 Å². The zero-order valence-corrected chi connectivity index (χ0v) is 21.5. The summed E-state index contributed by atoms with van der Waals surface area (Å²) in [7, 11) is -2.18. The Morgan fingerprint density at radius 2 is 0.914 bits per heavy atom. The highest BCUT2D eigenvalue weighted by Gasteiger charge is 2.53.